The smallest absolute Gasteiger partial charge is 0.238 e. The maximum Gasteiger partial charge on any atom is 0.238 e. The summed E-state index contributed by atoms with van der Waals surface area (Å²) in [6.45, 7) is 3.03. The Labute approximate surface area is 125 Å². The molecule has 4 heteroatoms. The highest BCUT2D eigenvalue weighted by atomic mass is 35.5. The van der Waals surface area contributed by atoms with Crippen molar-refractivity contribution in [2.75, 3.05) is 19.0 Å². The zero-order chi connectivity index (χ0) is 13.9. The van der Waals surface area contributed by atoms with Crippen molar-refractivity contribution in [1.29, 1.82) is 0 Å². The highest BCUT2D eigenvalue weighted by Gasteiger charge is 2.39. The van der Waals surface area contributed by atoms with E-state index in [1.807, 2.05) is 6.07 Å². The van der Waals surface area contributed by atoms with E-state index in [4.69, 9.17) is 11.6 Å². The summed E-state index contributed by atoms with van der Waals surface area (Å²) in [6, 6.07) is 11.4. The summed E-state index contributed by atoms with van der Waals surface area (Å²) >= 11 is 5.76. The lowest BCUT2D eigenvalue weighted by Gasteiger charge is -2.28. The molecule has 108 valence electrons. The SMILES string of the molecule is O=C(CCl)N(C1CC1)C1CCN(Cc2ccccc2)C1. The fraction of sp³-hybridized carbons (Fsp3) is 0.562. The third-order valence-corrected chi connectivity index (χ3v) is 4.46. The van der Waals surface area contributed by atoms with Gasteiger partial charge in [0, 0.05) is 31.7 Å². The van der Waals surface area contributed by atoms with Crippen LogP contribution in [0.3, 0.4) is 0 Å². The minimum absolute atomic E-state index is 0.112. The molecule has 1 aliphatic carbocycles. The molecule has 20 heavy (non-hydrogen) atoms. The van der Waals surface area contributed by atoms with Gasteiger partial charge in [-0.15, -0.1) is 11.6 Å². The number of hydrogen-bond acceptors (Lipinski definition) is 2. The highest BCUT2D eigenvalue weighted by Crippen LogP contribution is 2.32. The quantitative estimate of drug-likeness (QED) is 0.779. The molecule has 1 aromatic rings. The van der Waals surface area contributed by atoms with E-state index in [9.17, 15) is 4.79 Å². The summed E-state index contributed by atoms with van der Waals surface area (Å²) in [6.07, 6.45) is 3.38. The van der Waals surface area contributed by atoms with Gasteiger partial charge in [-0.2, -0.15) is 0 Å². The summed E-state index contributed by atoms with van der Waals surface area (Å²) < 4.78 is 0. The Bertz CT molecular complexity index is 461. The average molecular weight is 293 g/mol. The van der Waals surface area contributed by atoms with E-state index >= 15 is 0 Å². The van der Waals surface area contributed by atoms with Crippen LogP contribution in [0.2, 0.25) is 0 Å². The van der Waals surface area contributed by atoms with Crippen LogP contribution in [0.15, 0.2) is 30.3 Å². The molecule has 1 saturated heterocycles. The van der Waals surface area contributed by atoms with Crippen LogP contribution in [-0.4, -0.2) is 46.8 Å². The van der Waals surface area contributed by atoms with Crippen LogP contribution < -0.4 is 0 Å². The third kappa shape index (κ3) is 3.15. The molecule has 1 aliphatic heterocycles. The molecule has 1 saturated carbocycles. The predicted octanol–water partition coefficient (Wildman–Crippen LogP) is 2.49. The van der Waals surface area contributed by atoms with Gasteiger partial charge in [-0.3, -0.25) is 9.69 Å². The van der Waals surface area contributed by atoms with E-state index in [1.165, 1.54) is 5.56 Å². The van der Waals surface area contributed by atoms with Gasteiger partial charge in [-0.25, -0.2) is 0 Å². The first-order chi connectivity index (χ1) is 9.78. The number of carbonyl (C=O) groups is 1. The standard InChI is InChI=1S/C16H21ClN2O/c17-10-16(20)19(14-6-7-14)15-8-9-18(12-15)11-13-4-2-1-3-5-13/h1-5,14-15H,6-12H2. The van der Waals surface area contributed by atoms with E-state index in [-0.39, 0.29) is 11.8 Å². The molecule has 0 radical (unpaired) electrons. The van der Waals surface area contributed by atoms with E-state index < -0.39 is 0 Å². The topological polar surface area (TPSA) is 23.6 Å². The van der Waals surface area contributed by atoms with Gasteiger partial charge < -0.3 is 4.90 Å². The number of halogens is 1. The van der Waals surface area contributed by atoms with Crippen molar-refractivity contribution >= 4 is 17.5 Å². The van der Waals surface area contributed by atoms with Gasteiger partial charge in [-0.1, -0.05) is 30.3 Å². The first kappa shape index (κ1) is 13.9. The van der Waals surface area contributed by atoms with Crippen molar-refractivity contribution in [2.24, 2.45) is 0 Å². The second-order valence-corrected chi connectivity index (χ2v) is 6.10. The molecular weight excluding hydrogens is 272 g/mol. The molecule has 3 nitrogen and oxygen atoms in total. The Morgan fingerprint density at radius 2 is 1.95 bits per heavy atom. The minimum atomic E-state index is 0.112. The molecular formula is C16H21ClN2O. The van der Waals surface area contributed by atoms with Gasteiger partial charge >= 0.3 is 0 Å². The number of likely N-dealkylation sites (tertiary alicyclic amines) is 1. The van der Waals surface area contributed by atoms with E-state index in [2.05, 4.69) is 34.1 Å². The fourth-order valence-electron chi connectivity index (χ4n) is 3.15. The van der Waals surface area contributed by atoms with Crippen LogP contribution in [0.4, 0.5) is 0 Å². The first-order valence-electron chi connectivity index (χ1n) is 7.41. The normalized spacial score (nSPS) is 22.9. The molecule has 0 aromatic heterocycles. The Hall–Kier alpha value is -1.06. The largest absolute Gasteiger partial charge is 0.334 e. The van der Waals surface area contributed by atoms with Crippen molar-refractivity contribution in [2.45, 2.75) is 37.9 Å². The van der Waals surface area contributed by atoms with Crippen LogP contribution in [0, 0.1) is 0 Å². The number of hydrogen-bond donors (Lipinski definition) is 0. The number of rotatable bonds is 5. The van der Waals surface area contributed by atoms with E-state index in [0.29, 0.717) is 12.1 Å². The zero-order valence-corrected chi connectivity index (χ0v) is 12.4. The van der Waals surface area contributed by atoms with Crippen molar-refractivity contribution in [3.05, 3.63) is 35.9 Å². The fourth-order valence-corrected chi connectivity index (χ4v) is 3.29. The van der Waals surface area contributed by atoms with Crippen molar-refractivity contribution in [3.8, 4) is 0 Å². The van der Waals surface area contributed by atoms with Gasteiger partial charge in [0.1, 0.15) is 5.88 Å². The second kappa shape index (κ2) is 6.15. The van der Waals surface area contributed by atoms with Crippen LogP contribution >= 0.6 is 11.6 Å². The number of amides is 1. The Kier molecular flexibility index (Phi) is 4.27. The lowest BCUT2D eigenvalue weighted by atomic mass is 10.2. The molecule has 0 spiro atoms. The monoisotopic (exact) mass is 292 g/mol. The Balaban J connectivity index is 1.59. The summed E-state index contributed by atoms with van der Waals surface area (Å²) in [5.41, 5.74) is 1.34. The lowest BCUT2D eigenvalue weighted by molar-refractivity contribution is -0.131. The van der Waals surface area contributed by atoms with Gasteiger partial charge in [0.15, 0.2) is 0 Å². The molecule has 0 bridgehead atoms. The molecule has 1 atom stereocenters. The zero-order valence-electron chi connectivity index (χ0n) is 11.7. The molecule has 2 fully saturated rings. The summed E-state index contributed by atoms with van der Waals surface area (Å²) in [5, 5.41) is 0. The maximum atomic E-state index is 12.0. The highest BCUT2D eigenvalue weighted by molar-refractivity contribution is 6.27. The van der Waals surface area contributed by atoms with Crippen LogP contribution in [-0.2, 0) is 11.3 Å². The molecule has 1 heterocycles. The number of nitrogens with zero attached hydrogens (tertiary/aromatic N) is 2. The van der Waals surface area contributed by atoms with Crippen molar-refractivity contribution < 1.29 is 4.79 Å². The second-order valence-electron chi connectivity index (χ2n) is 5.83. The maximum absolute atomic E-state index is 12.0. The third-order valence-electron chi connectivity index (χ3n) is 4.23. The lowest BCUT2D eigenvalue weighted by Crippen LogP contribution is -2.44. The van der Waals surface area contributed by atoms with Crippen LogP contribution in [0.1, 0.15) is 24.8 Å². The minimum Gasteiger partial charge on any atom is -0.334 e. The van der Waals surface area contributed by atoms with Crippen molar-refractivity contribution in [1.82, 2.24) is 9.80 Å². The van der Waals surface area contributed by atoms with Gasteiger partial charge in [-0.05, 0) is 24.8 Å². The van der Waals surface area contributed by atoms with Crippen LogP contribution in [0.25, 0.3) is 0 Å². The summed E-state index contributed by atoms with van der Waals surface area (Å²) in [4.78, 5) is 16.5. The molecule has 1 amide bonds. The van der Waals surface area contributed by atoms with E-state index in [0.717, 1.165) is 38.9 Å². The molecule has 0 N–H and O–H groups in total. The van der Waals surface area contributed by atoms with Gasteiger partial charge in [0.2, 0.25) is 5.91 Å². The Morgan fingerprint density at radius 1 is 1.20 bits per heavy atom. The summed E-state index contributed by atoms with van der Waals surface area (Å²) in [5.74, 6) is 0.229. The molecule has 3 rings (SSSR count). The number of carbonyl (C=O) groups excluding carboxylic acids is 1. The Morgan fingerprint density at radius 3 is 2.60 bits per heavy atom. The molecule has 2 aliphatic rings. The van der Waals surface area contributed by atoms with E-state index in [1.54, 1.807) is 0 Å². The predicted molar refractivity (Wildman–Crippen MR) is 80.7 cm³/mol. The molecule has 1 aromatic carbocycles. The molecule has 1 unspecified atom stereocenters. The average Bonchev–Trinajstić information content (AvgIpc) is 3.20. The summed E-state index contributed by atoms with van der Waals surface area (Å²) in [7, 11) is 0. The number of benzene rings is 1. The first-order valence-corrected chi connectivity index (χ1v) is 7.95. The van der Waals surface area contributed by atoms with Crippen molar-refractivity contribution in [3.63, 3.8) is 0 Å². The van der Waals surface area contributed by atoms with Crippen LogP contribution in [0.5, 0.6) is 0 Å². The van der Waals surface area contributed by atoms with Gasteiger partial charge in [0.05, 0.1) is 0 Å². The van der Waals surface area contributed by atoms with Gasteiger partial charge in [0.25, 0.3) is 0 Å². The number of alkyl halides is 1.